The third kappa shape index (κ3) is 3.35. The molecule has 0 bridgehead atoms. The number of pyridine rings is 1. The van der Waals surface area contributed by atoms with Crippen molar-refractivity contribution in [3.05, 3.63) is 87.4 Å². The summed E-state index contributed by atoms with van der Waals surface area (Å²) in [5, 5.41) is 18.9. The van der Waals surface area contributed by atoms with E-state index >= 15 is 0 Å². The summed E-state index contributed by atoms with van der Waals surface area (Å²) in [6, 6.07) is 16.2. The first kappa shape index (κ1) is 18.5. The highest BCUT2D eigenvalue weighted by atomic mass is 35.5. The number of benzene rings is 2. The van der Waals surface area contributed by atoms with E-state index in [-0.39, 0.29) is 12.2 Å². The molecule has 4 rings (SSSR count). The summed E-state index contributed by atoms with van der Waals surface area (Å²) in [5.41, 5.74) is 4.38. The molecule has 0 spiro atoms. The number of H-pyrrole nitrogens is 1. The largest absolute Gasteiger partial charge is 0.394 e. The number of hydrogen-bond acceptors (Lipinski definition) is 3. The lowest BCUT2D eigenvalue weighted by atomic mass is 10.0. The van der Waals surface area contributed by atoms with Gasteiger partial charge in [-0.3, -0.25) is 9.89 Å². The van der Waals surface area contributed by atoms with Crippen molar-refractivity contribution in [3.8, 4) is 11.1 Å². The van der Waals surface area contributed by atoms with Gasteiger partial charge in [-0.05, 0) is 53.4 Å². The molecule has 0 aliphatic rings. The molecule has 2 N–H and O–H groups in total. The number of nitrogens with zero attached hydrogens (tertiary/aromatic N) is 2. The number of rotatable bonds is 5. The van der Waals surface area contributed by atoms with Crippen molar-refractivity contribution < 1.29 is 5.11 Å². The number of aromatic amines is 1. The first-order chi connectivity index (χ1) is 13.6. The van der Waals surface area contributed by atoms with E-state index in [0.717, 1.165) is 39.7 Å². The molecule has 0 saturated heterocycles. The fraction of sp³-hybridized carbons (Fsp3) is 0.182. The van der Waals surface area contributed by atoms with Crippen LogP contribution in [0.1, 0.15) is 24.2 Å². The van der Waals surface area contributed by atoms with E-state index in [9.17, 15) is 9.90 Å². The van der Waals surface area contributed by atoms with Gasteiger partial charge in [0.15, 0.2) is 0 Å². The van der Waals surface area contributed by atoms with E-state index in [0.29, 0.717) is 5.02 Å². The Labute approximate surface area is 167 Å². The summed E-state index contributed by atoms with van der Waals surface area (Å²) in [7, 11) is 0. The molecule has 142 valence electrons. The average molecular weight is 394 g/mol. The fourth-order valence-electron chi connectivity index (χ4n) is 3.51. The van der Waals surface area contributed by atoms with Crippen LogP contribution in [-0.2, 0) is 6.42 Å². The summed E-state index contributed by atoms with van der Waals surface area (Å²) in [6.45, 7) is 1.88. The molecule has 2 aromatic heterocycles. The number of halogens is 1. The van der Waals surface area contributed by atoms with Gasteiger partial charge in [-0.25, -0.2) is 0 Å². The zero-order chi connectivity index (χ0) is 19.7. The molecule has 6 heteroatoms. The second-order valence-corrected chi connectivity index (χ2v) is 7.14. The van der Waals surface area contributed by atoms with Crippen LogP contribution in [0.4, 0.5) is 0 Å². The van der Waals surface area contributed by atoms with Gasteiger partial charge in [0.1, 0.15) is 0 Å². The van der Waals surface area contributed by atoms with Gasteiger partial charge in [0.25, 0.3) is 5.56 Å². The maximum Gasteiger partial charge on any atom is 0.251 e. The Morgan fingerprint density at radius 2 is 1.96 bits per heavy atom. The molecule has 0 aliphatic carbocycles. The number of aliphatic hydroxyl groups is 1. The molecule has 0 unspecified atom stereocenters. The van der Waals surface area contributed by atoms with Crippen molar-refractivity contribution in [2.75, 3.05) is 6.61 Å². The Kier molecular flexibility index (Phi) is 5.03. The average Bonchev–Trinajstić information content (AvgIpc) is 3.12. The molecule has 0 radical (unpaired) electrons. The standard InChI is InChI=1S/C22H20ClN3O2/c1-2-19-18-11-14(6-7-20(18)25-24-19)15-8-9-26(22(28)12-15)21(13-27)16-4-3-5-17(23)10-16/h3-12,21,27H,2,13H2,1H3,(H,24,25)/t21-/m1/s1. The van der Waals surface area contributed by atoms with Gasteiger partial charge in [-0.15, -0.1) is 0 Å². The molecular formula is C22H20ClN3O2. The van der Waals surface area contributed by atoms with Crippen LogP contribution in [0, 0.1) is 0 Å². The van der Waals surface area contributed by atoms with Gasteiger partial charge >= 0.3 is 0 Å². The topological polar surface area (TPSA) is 70.9 Å². The zero-order valence-corrected chi connectivity index (χ0v) is 16.1. The van der Waals surface area contributed by atoms with Crippen molar-refractivity contribution in [1.29, 1.82) is 0 Å². The third-order valence-electron chi connectivity index (χ3n) is 5.01. The molecule has 0 fully saturated rings. The van der Waals surface area contributed by atoms with Gasteiger partial charge in [0, 0.05) is 28.4 Å². The highest BCUT2D eigenvalue weighted by Crippen LogP contribution is 2.26. The van der Waals surface area contributed by atoms with Gasteiger partial charge in [-0.2, -0.15) is 5.10 Å². The number of nitrogens with one attached hydrogen (secondary N) is 1. The van der Waals surface area contributed by atoms with Crippen LogP contribution in [-0.4, -0.2) is 26.5 Å². The number of aliphatic hydroxyl groups excluding tert-OH is 1. The van der Waals surface area contributed by atoms with E-state index in [1.54, 1.807) is 24.4 Å². The minimum atomic E-state index is -0.483. The van der Waals surface area contributed by atoms with Gasteiger partial charge < -0.3 is 9.67 Å². The lowest BCUT2D eigenvalue weighted by Crippen LogP contribution is -2.26. The maximum atomic E-state index is 12.8. The zero-order valence-electron chi connectivity index (χ0n) is 15.4. The van der Waals surface area contributed by atoms with Crippen LogP contribution in [0.2, 0.25) is 5.02 Å². The second kappa shape index (κ2) is 7.62. The Hall–Kier alpha value is -2.89. The van der Waals surface area contributed by atoms with Crippen molar-refractivity contribution in [3.63, 3.8) is 0 Å². The second-order valence-electron chi connectivity index (χ2n) is 6.70. The van der Waals surface area contributed by atoms with Crippen LogP contribution in [0.3, 0.4) is 0 Å². The molecule has 4 aromatic rings. The summed E-state index contributed by atoms with van der Waals surface area (Å²) in [6.07, 6.45) is 2.58. The normalized spacial score (nSPS) is 12.4. The van der Waals surface area contributed by atoms with Crippen LogP contribution in [0.5, 0.6) is 0 Å². The Morgan fingerprint density at radius 1 is 1.14 bits per heavy atom. The van der Waals surface area contributed by atoms with Crippen molar-refractivity contribution in [2.24, 2.45) is 0 Å². The first-order valence-electron chi connectivity index (χ1n) is 9.16. The third-order valence-corrected chi connectivity index (χ3v) is 5.25. The summed E-state index contributed by atoms with van der Waals surface area (Å²) in [5.74, 6) is 0. The number of aryl methyl sites for hydroxylation is 1. The van der Waals surface area contributed by atoms with E-state index in [1.807, 2.05) is 30.3 Å². The number of fused-ring (bicyclic) bond motifs is 1. The van der Waals surface area contributed by atoms with Crippen LogP contribution < -0.4 is 5.56 Å². The SMILES string of the molecule is CCc1[nH]nc2ccc(-c3ccn([C@H](CO)c4cccc(Cl)c4)c(=O)c3)cc12. The van der Waals surface area contributed by atoms with Crippen molar-refractivity contribution in [1.82, 2.24) is 14.8 Å². The lowest BCUT2D eigenvalue weighted by Gasteiger charge is -2.18. The maximum absolute atomic E-state index is 12.8. The minimum Gasteiger partial charge on any atom is -0.394 e. The van der Waals surface area contributed by atoms with Crippen molar-refractivity contribution >= 4 is 22.5 Å². The molecule has 5 nitrogen and oxygen atoms in total. The summed E-state index contributed by atoms with van der Waals surface area (Å²) in [4.78, 5) is 12.8. The number of hydrogen-bond donors (Lipinski definition) is 2. The van der Waals surface area contributed by atoms with Crippen LogP contribution in [0.15, 0.2) is 65.6 Å². The highest BCUT2D eigenvalue weighted by molar-refractivity contribution is 6.30. The van der Waals surface area contributed by atoms with Gasteiger partial charge in [0.05, 0.1) is 18.2 Å². The van der Waals surface area contributed by atoms with Crippen molar-refractivity contribution in [2.45, 2.75) is 19.4 Å². The Morgan fingerprint density at radius 3 is 2.68 bits per heavy atom. The Balaban J connectivity index is 1.74. The van der Waals surface area contributed by atoms with Crippen LogP contribution >= 0.6 is 11.6 Å². The molecule has 0 aliphatic heterocycles. The summed E-state index contributed by atoms with van der Waals surface area (Å²) >= 11 is 6.06. The van der Waals surface area contributed by atoms with E-state index < -0.39 is 6.04 Å². The minimum absolute atomic E-state index is 0.181. The van der Waals surface area contributed by atoms with E-state index in [4.69, 9.17) is 11.6 Å². The van der Waals surface area contributed by atoms with Gasteiger partial charge in [0.2, 0.25) is 0 Å². The quantitative estimate of drug-likeness (QED) is 0.534. The predicted molar refractivity (Wildman–Crippen MR) is 112 cm³/mol. The molecule has 2 aromatic carbocycles. The molecule has 0 amide bonds. The van der Waals surface area contributed by atoms with E-state index in [2.05, 4.69) is 23.2 Å². The first-order valence-corrected chi connectivity index (χ1v) is 9.54. The van der Waals surface area contributed by atoms with Crippen LogP contribution in [0.25, 0.3) is 22.0 Å². The predicted octanol–water partition coefficient (Wildman–Crippen LogP) is 4.19. The smallest absolute Gasteiger partial charge is 0.251 e. The monoisotopic (exact) mass is 393 g/mol. The van der Waals surface area contributed by atoms with Gasteiger partial charge in [-0.1, -0.05) is 36.7 Å². The molecule has 0 saturated carbocycles. The number of aromatic nitrogens is 3. The molecule has 1 atom stereocenters. The Bertz CT molecular complexity index is 1200. The molecular weight excluding hydrogens is 374 g/mol. The highest BCUT2D eigenvalue weighted by Gasteiger charge is 2.15. The molecule has 2 heterocycles. The molecule has 28 heavy (non-hydrogen) atoms. The fourth-order valence-corrected chi connectivity index (χ4v) is 3.71. The summed E-state index contributed by atoms with van der Waals surface area (Å²) < 4.78 is 1.53. The van der Waals surface area contributed by atoms with E-state index in [1.165, 1.54) is 4.57 Å². The lowest BCUT2D eigenvalue weighted by molar-refractivity contribution is 0.247.